The van der Waals surface area contributed by atoms with Gasteiger partial charge in [0, 0.05) is 57.6 Å². The molecule has 8 heterocycles. The van der Waals surface area contributed by atoms with E-state index in [0.717, 1.165) is 61.4 Å². The summed E-state index contributed by atoms with van der Waals surface area (Å²) >= 11 is 0. The van der Waals surface area contributed by atoms with E-state index in [-0.39, 0.29) is 6.71 Å². The first-order chi connectivity index (χ1) is 28.8. The van der Waals surface area contributed by atoms with E-state index in [9.17, 15) is 0 Å². The average Bonchev–Trinajstić information content (AvgIpc) is 3.94. The smallest absolute Gasteiger partial charge is 0.252 e. The monoisotopic (exact) mass is 736 g/mol. The molecule has 7 heteroatoms. The van der Waals surface area contributed by atoms with E-state index in [1.54, 1.807) is 0 Å². The van der Waals surface area contributed by atoms with Crippen molar-refractivity contribution in [1.82, 2.24) is 28.7 Å². The molecule has 0 saturated heterocycles. The molecule has 0 atom stereocenters. The molecule has 2 aliphatic heterocycles. The topological polar surface area (TPSA) is 53.5 Å². The first-order valence-electron chi connectivity index (χ1n) is 19.8. The van der Waals surface area contributed by atoms with Crippen molar-refractivity contribution in [2.45, 2.75) is 0 Å². The summed E-state index contributed by atoms with van der Waals surface area (Å²) in [7, 11) is 0. The number of hydrogen-bond donors (Lipinski definition) is 0. The van der Waals surface area contributed by atoms with E-state index in [1.165, 1.54) is 60.1 Å². The number of pyridine rings is 3. The van der Waals surface area contributed by atoms with E-state index in [2.05, 4.69) is 159 Å². The van der Waals surface area contributed by atoms with Crippen LogP contribution >= 0.6 is 0 Å². The van der Waals surface area contributed by atoms with Crippen LogP contribution in [0.25, 0.3) is 105 Å². The molecule has 0 amide bonds. The average molecular weight is 737 g/mol. The molecule has 0 spiro atoms. The molecule has 0 fully saturated rings. The van der Waals surface area contributed by atoms with Crippen LogP contribution in [-0.2, 0) is 0 Å². The Morgan fingerprint density at radius 3 is 2.05 bits per heavy atom. The Balaban J connectivity index is 1.24. The number of para-hydroxylation sites is 2. The molecule has 12 aromatic rings. The van der Waals surface area contributed by atoms with Crippen molar-refractivity contribution in [3.63, 3.8) is 0 Å². The normalized spacial score (nSPS) is 12.8. The third-order valence-electron chi connectivity index (χ3n) is 12.7. The van der Waals surface area contributed by atoms with Gasteiger partial charge in [-0.05, 0) is 93.4 Å². The summed E-state index contributed by atoms with van der Waals surface area (Å²) in [6.45, 7) is -0.0314. The van der Waals surface area contributed by atoms with Gasteiger partial charge in [0.05, 0.1) is 44.2 Å². The standard InChI is InChI=1S/C51H29BN6/c1-3-13-30(14-4-1)36-27-31-15-7-8-18-34(31)43-47-50-38(23-26-55-47)52-37-20-11-19-35-44-46-40(22-12-25-54-46)56(33-16-5-2-6-17-33)51(44)58(48(35)37)42-29-32(39-21-9-10-24-53-39)28-41(45(42)52)57(50)49(36)43/h1-29H. The minimum Gasteiger partial charge on any atom is -0.308 e. The van der Waals surface area contributed by atoms with Gasteiger partial charge in [-0.2, -0.15) is 0 Å². The fraction of sp³-hybridized carbons (Fsp3) is 0. The summed E-state index contributed by atoms with van der Waals surface area (Å²) in [5.74, 6) is 0. The number of rotatable bonds is 3. The lowest BCUT2D eigenvalue weighted by Crippen LogP contribution is -2.59. The van der Waals surface area contributed by atoms with Gasteiger partial charge in [-0.1, -0.05) is 97.1 Å². The van der Waals surface area contributed by atoms with Crippen molar-refractivity contribution in [2.75, 3.05) is 0 Å². The first kappa shape index (κ1) is 30.5. The molecular weight excluding hydrogens is 707 g/mol. The van der Waals surface area contributed by atoms with Gasteiger partial charge in [0.25, 0.3) is 6.71 Å². The lowest BCUT2D eigenvalue weighted by molar-refractivity contribution is 1.06. The molecule has 14 rings (SSSR count). The van der Waals surface area contributed by atoms with E-state index in [0.29, 0.717) is 0 Å². The zero-order valence-electron chi connectivity index (χ0n) is 31.0. The van der Waals surface area contributed by atoms with Crippen LogP contribution in [0.15, 0.2) is 176 Å². The van der Waals surface area contributed by atoms with Crippen molar-refractivity contribution in [3.8, 4) is 39.4 Å². The summed E-state index contributed by atoms with van der Waals surface area (Å²) in [5, 5.41) is 5.95. The molecule has 2 aliphatic rings. The molecule has 6 aromatic heterocycles. The quantitative estimate of drug-likeness (QED) is 0.170. The SMILES string of the molecule is c1ccc(-c2cc3ccccc3c3c4nccc5c4n(c23)-c2cc(-c3ccccn3)cc3c2B5c2cccc4c5c6ncccc6n(-c6ccccc6)c5n-3c24)cc1. The van der Waals surface area contributed by atoms with Gasteiger partial charge in [0.2, 0.25) is 0 Å². The van der Waals surface area contributed by atoms with Crippen molar-refractivity contribution in [2.24, 2.45) is 0 Å². The zero-order valence-corrected chi connectivity index (χ0v) is 31.0. The maximum Gasteiger partial charge on any atom is 0.252 e. The lowest BCUT2D eigenvalue weighted by Gasteiger charge is -2.34. The van der Waals surface area contributed by atoms with E-state index in [4.69, 9.17) is 15.0 Å². The largest absolute Gasteiger partial charge is 0.308 e. The van der Waals surface area contributed by atoms with Gasteiger partial charge < -0.3 is 4.57 Å². The summed E-state index contributed by atoms with van der Waals surface area (Å²) < 4.78 is 7.49. The highest BCUT2D eigenvalue weighted by Gasteiger charge is 2.42. The Hall–Kier alpha value is -7.77. The third-order valence-corrected chi connectivity index (χ3v) is 12.7. The van der Waals surface area contributed by atoms with Crippen LogP contribution in [0.3, 0.4) is 0 Å². The van der Waals surface area contributed by atoms with Crippen LogP contribution in [0.5, 0.6) is 0 Å². The summed E-state index contributed by atoms with van der Waals surface area (Å²) in [6.07, 6.45) is 5.85. The van der Waals surface area contributed by atoms with Crippen molar-refractivity contribution in [1.29, 1.82) is 0 Å². The molecule has 58 heavy (non-hydrogen) atoms. The van der Waals surface area contributed by atoms with Crippen LogP contribution in [0.4, 0.5) is 0 Å². The van der Waals surface area contributed by atoms with Gasteiger partial charge >= 0.3 is 0 Å². The number of aromatic nitrogens is 6. The second-order valence-electron chi connectivity index (χ2n) is 15.6. The van der Waals surface area contributed by atoms with E-state index >= 15 is 0 Å². The Bertz CT molecular complexity index is 3730. The fourth-order valence-corrected chi connectivity index (χ4v) is 10.6. The number of nitrogens with zero attached hydrogens (tertiary/aromatic N) is 6. The van der Waals surface area contributed by atoms with Crippen LogP contribution in [0.1, 0.15) is 0 Å². The molecule has 0 N–H and O–H groups in total. The van der Waals surface area contributed by atoms with Crippen LogP contribution < -0.4 is 16.4 Å². The zero-order chi connectivity index (χ0) is 37.6. The maximum atomic E-state index is 5.27. The highest BCUT2D eigenvalue weighted by Crippen LogP contribution is 2.46. The molecular formula is C51H29BN6. The Morgan fingerprint density at radius 1 is 0.448 bits per heavy atom. The summed E-state index contributed by atoms with van der Waals surface area (Å²) in [6, 6.07) is 57.1. The second-order valence-corrected chi connectivity index (χ2v) is 15.6. The van der Waals surface area contributed by atoms with Crippen LogP contribution in [0.2, 0.25) is 0 Å². The van der Waals surface area contributed by atoms with Gasteiger partial charge in [-0.15, -0.1) is 0 Å². The number of hydrogen-bond acceptors (Lipinski definition) is 3. The van der Waals surface area contributed by atoms with Gasteiger partial charge in [0.15, 0.2) is 0 Å². The van der Waals surface area contributed by atoms with E-state index < -0.39 is 0 Å². The molecule has 0 saturated carbocycles. The molecule has 266 valence electrons. The van der Waals surface area contributed by atoms with Gasteiger partial charge in [-0.3, -0.25) is 24.1 Å². The minimum atomic E-state index is -0.0314. The van der Waals surface area contributed by atoms with Crippen LogP contribution in [-0.4, -0.2) is 35.4 Å². The highest BCUT2D eigenvalue weighted by atomic mass is 15.2. The van der Waals surface area contributed by atoms with Crippen molar-refractivity contribution >= 4 is 88.8 Å². The number of fused-ring (bicyclic) bond motifs is 14. The lowest BCUT2D eigenvalue weighted by atomic mass is 9.34. The van der Waals surface area contributed by atoms with Gasteiger partial charge in [-0.25, -0.2) is 0 Å². The minimum absolute atomic E-state index is 0.0314. The molecule has 6 nitrogen and oxygen atoms in total. The Kier molecular flexibility index (Phi) is 5.75. The molecule has 0 radical (unpaired) electrons. The second kappa shape index (κ2) is 11.0. The fourth-order valence-electron chi connectivity index (χ4n) is 10.6. The Labute approximate surface area is 332 Å². The van der Waals surface area contributed by atoms with Crippen LogP contribution in [0, 0.1) is 0 Å². The first-order valence-corrected chi connectivity index (χ1v) is 19.8. The molecule has 0 bridgehead atoms. The predicted octanol–water partition coefficient (Wildman–Crippen LogP) is 9.64. The molecule has 0 aliphatic carbocycles. The summed E-state index contributed by atoms with van der Waals surface area (Å²) in [5.41, 5.74) is 19.4. The van der Waals surface area contributed by atoms with Crippen molar-refractivity contribution < 1.29 is 0 Å². The molecule has 6 aromatic carbocycles. The Morgan fingerprint density at radius 2 is 1.19 bits per heavy atom. The highest BCUT2D eigenvalue weighted by molar-refractivity contribution is 7.00. The third kappa shape index (κ3) is 3.71. The van der Waals surface area contributed by atoms with Gasteiger partial charge in [0.1, 0.15) is 5.65 Å². The maximum absolute atomic E-state index is 5.27. The van der Waals surface area contributed by atoms with Crippen molar-refractivity contribution in [3.05, 3.63) is 176 Å². The van der Waals surface area contributed by atoms with E-state index in [1.807, 2.05) is 30.7 Å². The molecule has 0 unspecified atom stereocenters. The summed E-state index contributed by atoms with van der Waals surface area (Å²) in [4.78, 5) is 15.3. The number of benzene rings is 6. The predicted molar refractivity (Wildman–Crippen MR) is 238 cm³/mol.